The number of aromatic nitrogens is 3. The lowest BCUT2D eigenvalue weighted by Crippen LogP contribution is -2.05. The van der Waals surface area contributed by atoms with Gasteiger partial charge in [-0.05, 0) is 24.6 Å². The van der Waals surface area contributed by atoms with Crippen LogP contribution >= 0.6 is 11.8 Å². The Morgan fingerprint density at radius 2 is 2.17 bits per heavy atom. The highest BCUT2D eigenvalue weighted by Gasteiger charge is 2.28. The molecule has 3 aromatic rings. The highest BCUT2D eigenvalue weighted by molar-refractivity contribution is 7.99. The molecule has 0 saturated carbocycles. The predicted molar refractivity (Wildman–Crippen MR) is 91.8 cm³/mol. The van der Waals surface area contributed by atoms with Crippen molar-refractivity contribution < 1.29 is 4.42 Å². The Balaban J connectivity index is 1.88. The van der Waals surface area contributed by atoms with Crippen LogP contribution in [-0.4, -0.2) is 15.0 Å². The van der Waals surface area contributed by atoms with Crippen molar-refractivity contribution in [1.82, 2.24) is 15.0 Å². The van der Waals surface area contributed by atoms with Crippen LogP contribution in [0.1, 0.15) is 29.0 Å². The maximum Gasteiger partial charge on any atom is 0.195 e. The number of furan rings is 1. The molecule has 6 nitrogen and oxygen atoms in total. The number of rotatable bonds is 2. The van der Waals surface area contributed by atoms with Gasteiger partial charge in [0.15, 0.2) is 11.6 Å². The van der Waals surface area contributed by atoms with Gasteiger partial charge in [-0.15, -0.1) is 11.8 Å². The average molecular weight is 335 g/mol. The minimum Gasteiger partial charge on any atom is -0.461 e. The molecule has 2 N–H and O–H groups in total. The number of nitrogen functional groups attached to an aromatic ring is 1. The molecule has 0 aliphatic carbocycles. The molecule has 3 aromatic heterocycles. The number of nitriles is 1. The van der Waals surface area contributed by atoms with Crippen LogP contribution in [-0.2, 0) is 5.75 Å². The van der Waals surface area contributed by atoms with Crippen molar-refractivity contribution in [2.75, 3.05) is 5.73 Å². The summed E-state index contributed by atoms with van der Waals surface area (Å²) < 4.78 is 5.31. The van der Waals surface area contributed by atoms with E-state index in [2.05, 4.69) is 27.9 Å². The molecule has 118 valence electrons. The van der Waals surface area contributed by atoms with Crippen LogP contribution in [0.15, 0.2) is 35.2 Å². The van der Waals surface area contributed by atoms with Crippen LogP contribution in [0.5, 0.6) is 0 Å². The molecule has 4 heterocycles. The molecule has 1 aliphatic heterocycles. The number of hydrogen-bond acceptors (Lipinski definition) is 7. The van der Waals surface area contributed by atoms with Crippen molar-refractivity contribution in [3.63, 3.8) is 0 Å². The Labute approximate surface area is 142 Å². The number of pyridine rings is 1. The number of thioether (sulfide) groups is 1. The van der Waals surface area contributed by atoms with Crippen molar-refractivity contribution in [3.8, 4) is 28.8 Å². The average Bonchev–Trinajstić information content (AvgIpc) is 3.25. The normalized spacial score (nSPS) is 15.9. The molecule has 1 aliphatic rings. The zero-order valence-corrected chi connectivity index (χ0v) is 13.7. The third-order valence-electron chi connectivity index (χ3n) is 4.01. The van der Waals surface area contributed by atoms with Crippen LogP contribution in [0.4, 0.5) is 5.82 Å². The standard InChI is InChI=1S/C17H13N5OS/c1-9-15-12(8-24-9)14(11(5-18)16(19)22-15)10-6-20-17(21-7-10)13-3-2-4-23-13/h2-4,6-7,9H,8H2,1H3,(H2,19,22)/t9-/m1/s1. The van der Waals surface area contributed by atoms with Gasteiger partial charge in [0.05, 0.1) is 12.0 Å². The van der Waals surface area contributed by atoms with E-state index in [1.54, 1.807) is 42.6 Å². The predicted octanol–water partition coefficient (Wildman–Crippen LogP) is 3.56. The number of hydrogen-bond donors (Lipinski definition) is 1. The summed E-state index contributed by atoms with van der Waals surface area (Å²) >= 11 is 1.78. The molecule has 1 atom stereocenters. The van der Waals surface area contributed by atoms with Crippen molar-refractivity contribution >= 4 is 17.6 Å². The fourth-order valence-electron chi connectivity index (χ4n) is 2.85. The molecule has 4 rings (SSSR count). The molecule has 0 fully saturated rings. The van der Waals surface area contributed by atoms with E-state index >= 15 is 0 Å². The molecule has 0 amide bonds. The van der Waals surface area contributed by atoms with E-state index in [0.717, 1.165) is 28.1 Å². The van der Waals surface area contributed by atoms with E-state index in [1.807, 2.05) is 0 Å². The highest BCUT2D eigenvalue weighted by atomic mass is 32.2. The first-order chi connectivity index (χ1) is 11.7. The SMILES string of the molecule is C[C@H]1SCc2c1nc(N)c(C#N)c2-c1cnc(-c2ccco2)nc1. The fraction of sp³-hybridized carbons (Fsp3) is 0.176. The van der Waals surface area contributed by atoms with Crippen LogP contribution in [0.3, 0.4) is 0 Å². The van der Waals surface area contributed by atoms with Gasteiger partial charge in [-0.1, -0.05) is 0 Å². The summed E-state index contributed by atoms with van der Waals surface area (Å²) in [5, 5.41) is 9.79. The van der Waals surface area contributed by atoms with E-state index in [-0.39, 0.29) is 11.1 Å². The van der Waals surface area contributed by atoms with Gasteiger partial charge >= 0.3 is 0 Å². The maximum absolute atomic E-state index is 9.53. The summed E-state index contributed by atoms with van der Waals surface area (Å²) in [6, 6.07) is 5.77. The summed E-state index contributed by atoms with van der Waals surface area (Å²) in [6.45, 7) is 2.09. The molecular formula is C17H13N5OS. The van der Waals surface area contributed by atoms with Crippen LogP contribution in [0.25, 0.3) is 22.7 Å². The van der Waals surface area contributed by atoms with Gasteiger partial charge in [-0.2, -0.15) is 5.26 Å². The first-order valence-electron chi connectivity index (χ1n) is 7.39. The van der Waals surface area contributed by atoms with Crippen molar-refractivity contribution in [1.29, 1.82) is 5.26 Å². The smallest absolute Gasteiger partial charge is 0.195 e. The summed E-state index contributed by atoms with van der Waals surface area (Å²) in [5.41, 5.74) is 9.95. The molecule has 7 heteroatoms. The lowest BCUT2D eigenvalue weighted by atomic mass is 9.96. The first kappa shape index (κ1) is 14.7. The van der Waals surface area contributed by atoms with Gasteiger partial charge < -0.3 is 10.2 Å². The number of nitrogens with two attached hydrogens (primary N) is 1. The van der Waals surface area contributed by atoms with Crippen molar-refractivity contribution in [2.24, 2.45) is 0 Å². The number of fused-ring (bicyclic) bond motifs is 1. The molecule has 0 unspecified atom stereocenters. The zero-order chi connectivity index (χ0) is 16.7. The molecule has 0 radical (unpaired) electrons. The molecule has 0 saturated heterocycles. The Bertz CT molecular complexity index is 945. The van der Waals surface area contributed by atoms with Crippen LogP contribution in [0, 0.1) is 11.3 Å². The summed E-state index contributed by atoms with van der Waals surface area (Å²) in [5.74, 6) is 2.17. The Morgan fingerprint density at radius 3 is 2.83 bits per heavy atom. The topological polar surface area (TPSA) is 102 Å². The minimum absolute atomic E-state index is 0.260. The lowest BCUT2D eigenvalue weighted by Gasteiger charge is -2.12. The first-order valence-corrected chi connectivity index (χ1v) is 8.44. The zero-order valence-electron chi connectivity index (χ0n) is 12.9. The van der Waals surface area contributed by atoms with Crippen molar-refractivity contribution in [3.05, 3.63) is 47.6 Å². The summed E-state index contributed by atoms with van der Waals surface area (Å²) in [6.07, 6.45) is 4.98. The van der Waals surface area contributed by atoms with Crippen LogP contribution < -0.4 is 5.73 Å². The van der Waals surface area contributed by atoms with E-state index in [1.165, 1.54) is 0 Å². The van der Waals surface area contributed by atoms with E-state index < -0.39 is 0 Å². The molecular weight excluding hydrogens is 322 g/mol. The second-order valence-electron chi connectivity index (χ2n) is 5.45. The summed E-state index contributed by atoms with van der Waals surface area (Å²) in [4.78, 5) is 13.2. The van der Waals surface area contributed by atoms with Gasteiger partial charge in [0.1, 0.15) is 17.5 Å². The lowest BCUT2D eigenvalue weighted by molar-refractivity contribution is 0.577. The Kier molecular flexibility index (Phi) is 3.47. The molecule has 24 heavy (non-hydrogen) atoms. The maximum atomic E-state index is 9.53. The quantitative estimate of drug-likeness (QED) is 0.764. The van der Waals surface area contributed by atoms with Gasteiger partial charge in [0.25, 0.3) is 0 Å². The molecule has 0 bridgehead atoms. The second-order valence-corrected chi connectivity index (χ2v) is 6.78. The molecule has 0 spiro atoms. The van der Waals surface area contributed by atoms with Gasteiger partial charge in [0, 0.05) is 34.5 Å². The van der Waals surface area contributed by atoms with Crippen molar-refractivity contribution in [2.45, 2.75) is 17.9 Å². The van der Waals surface area contributed by atoms with E-state index in [9.17, 15) is 5.26 Å². The third kappa shape index (κ3) is 2.23. The van der Waals surface area contributed by atoms with Gasteiger partial charge in [-0.25, -0.2) is 15.0 Å². The largest absolute Gasteiger partial charge is 0.461 e. The van der Waals surface area contributed by atoms with Crippen LogP contribution in [0.2, 0.25) is 0 Å². The Hall–Kier alpha value is -2.85. The minimum atomic E-state index is 0.260. The third-order valence-corrected chi connectivity index (χ3v) is 5.19. The van der Waals surface area contributed by atoms with E-state index in [4.69, 9.17) is 10.2 Å². The number of anilines is 1. The fourth-order valence-corrected chi connectivity index (χ4v) is 3.91. The molecule has 0 aromatic carbocycles. The monoisotopic (exact) mass is 335 g/mol. The second kappa shape index (κ2) is 5.65. The highest BCUT2D eigenvalue weighted by Crippen LogP contribution is 2.46. The number of nitrogens with zero attached hydrogens (tertiary/aromatic N) is 4. The summed E-state index contributed by atoms with van der Waals surface area (Å²) in [7, 11) is 0. The van der Waals surface area contributed by atoms with E-state index in [0.29, 0.717) is 17.1 Å². The Morgan fingerprint density at radius 1 is 1.38 bits per heavy atom. The van der Waals surface area contributed by atoms with Gasteiger partial charge in [0.2, 0.25) is 0 Å². The van der Waals surface area contributed by atoms with Gasteiger partial charge in [-0.3, -0.25) is 0 Å².